The summed E-state index contributed by atoms with van der Waals surface area (Å²) in [4.78, 5) is 24.3. The normalized spacial score (nSPS) is 12.7. The molecule has 1 aromatic heterocycles. The number of carbonyl (C=O) groups excluding carboxylic acids is 1. The van der Waals surface area contributed by atoms with Crippen LogP contribution in [0.3, 0.4) is 0 Å². The minimum absolute atomic E-state index is 0.249. The molecule has 0 fully saturated rings. The molecule has 0 aliphatic carbocycles. The van der Waals surface area contributed by atoms with Crippen LogP contribution >= 0.6 is 0 Å². The van der Waals surface area contributed by atoms with Crippen LogP contribution in [-0.4, -0.2) is 28.2 Å². The minimum atomic E-state index is -0.527. The monoisotopic (exact) mass is 346 g/mol. The first-order valence-corrected chi connectivity index (χ1v) is 8.13. The molecular formula is C19H23FN2O3. The third-order valence-corrected chi connectivity index (χ3v) is 3.98. The third kappa shape index (κ3) is 5.00. The number of carbonyl (C=O) groups is 1. The van der Waals surface area contributed by atoms with Crippen molar-refractivity contribution in [2.24, 2.45) is 5.41 Å². The van der Waals surface area contributed by atoms with Crippen LogP contribution in [0.15, 0.2) is 47.4 Å². The molecule has 0 spiro atoms. The van der Waals surface area contributed by atoms with Crippen molar-refractivity contribution in [2.45, 2.75) is 33.3 Å². The highest BCUT2D eigenvalue weighted by Crippen LogP contribution is 2.21. The van der Waals surface area contributed by atoms with E-state index in [2.05, 4.69) is 5.32 Å². The smallest absolute Gasteiger partial charge is 0.255 e. The maximum atomic E-state index is 13.0. The Kier molecular flexibility index (Phi) is 5.74. The average Bonchev–Trinajstić information content (AvgIpc) is 2.55. The Bertz CT molecular complexity index is 792. The standard InChI is InChI=1S/C19H23FN2O3/c1-19(2,3)16(23)10-11-21-18(25)13-4-9-17(24)22(12-13)15-7-5-14(20)6-8-15/h4-9,12,16,23H,10-11H2,1-3H3,(H,21,25). The Hall–Kier alpha value is -2.47. The lowest BCUT2D eigenvalue weighted by Gasteiger charge is -2.25. The van der Waals surface area contributed by atoms with Crippen LogP contribution in [0, 0.1) is 11.2 Å². The molecule has 0 aliphatic heterocycles. The van der Waals surface area contributed by atoms with E-state index in [-0.39, 0.29) is 16.9 Å². The highest BCUT2D eigenvalue weighted by molar-refractivity contribution is 5.93. The van der Waals surface area contributed by atoms with Gasteiger partial charge in [0.2, 0.25) is 0 Å². The van der Waals surface area contributed by atoms with Gasteiger partial charge in [-0.1, -0.05) is 20.8 Å². The van der Waals surface area contributed by atoms with Gasteiger partial charge in [-0.2, -0.15) is 0 Å². The number of nitrogens with one attached hydrogen (secondary N) is 1. The van der Waals surface area contributed by atoms with Gasteiger partial charge < -0.3 is 10.4 Å². The predicted molar refractivity (Wildman–Crippen MR) is 94.4 cm³/mol. The summed E-state index contributed by atoms with van der Waals surface area (Å²) in [6, 6.07) is 8.18. The zero-order valence-electron chi connectivity index (χ0n) is 14.6. The molecule has 0 radical (unpaired) electrons. The second-order valence-electron chi connectivity index (χ2n) is 7.03. The number of nitrogens with zero attached hydrogens (tertiary/aromatic N) is 1. The Balaban J connectivity index is 2.10. The Labute approximate surface area is 146 Å². The summed E-state index contributed by atoms with van der Waals surface area (Å²) in [6.07, 6.45) is 1.33. The summed E-state index contributed by atoms with van der Waals surface area (Å²) in [5.41, 5.74) is 0.227. The lowest BCUT2D eigenvalue weighted by molar-refractivity contribution is 0.0551. The molecule has 25 heavy (non-hydrogen) atoms. The molecule has 0 bridgehead atoms. The van der Waals surface area contributed by atoms with Crippen LogP contribution in [-0.2, 0) is 0 Å². The van der Waals surface area contributed by atoms with Crippen molar-refractivity contribution in [1.29, 1.82) is 0 Å². The fraction of sp³-hybridized carbons (Fsp3) is 0.368. The maximum absolute atomic E-state index is 13.0. The van der Waals surface area contributed by atoms with Crippen LogP contribution in [0.2, 0.25) is 0 Å². The van der Waals surface area contributed by atoms with Crippen molar-refractivity contribution in [3.05, 3.63) is 64.3 Å². The Morgan fingerprint density at radius 2 is 1.84 bits per heavy atom. The summed E-state index contributed by atoms with van der Waals surface area (Å²) in [5.74, 6) is -0.736. The van der Waals surface area contributed by atoms with E-state index >= 15 is 0 Å². The topological polar surface area (TPSA) is 71.3 Å². The fourth-order valence-electron chi connectivity index (χ4n) is 2.28. The van der Waals surface area contributed by atoms with E-state index in [4.69, 9.17) is 0 Å². The second kappa shape index (κ2) is 7.61. The third-order valence-electron chi connectivity index (χ3n) is 3.98. The molecule has 1 aromatic carbocycles. The van der Waals surface area contributed by atoms with Gasteiger partial charge in [-0.25, -0.2) is 4.39 Å². The molecule has 134 valence electrons. The van der Waals surface area contributed by atoms with Crippen LogP contribution in [0.25, 0.3) is 5.69 Å². The van der Waals surface area contributed by atoms with Gasteiger partial charge in [0.25, 0.3) is 11.5 Å². The second-order valence-corrected chi connectivity index (χ2v) is 7.03. The molecule has 2 N–H and O–H groups in total. The fourth-order valence-corrected chi connectivity index (χ4v) is 2.28. The first-order chi connectivity index (χ1) is 11.7. The minimum Gasteiger partial charge on any atom is -0.393 e. The number of aliphatic hydroxyl groups is 1. The summed E-state index contributed by atoms with van der Waals surface area (Å²) < 4.78 is 14.3. The quantitative estimate of drug-likeness (QED) is 0.874. The van der Waals surface area contributed by atoms with Crippen molar-refractivity contribution < 1.29 is 14.3 Å². The zero-order valence-corrected chi connectivity index (χ0v) is 14.6. The Morgan fingerprint density at radius 1 is 1.20 bits per heavy atom. The summed E-state index contributed by atoms with van der Waals surface area (Å²) in [6.45, 7) is 6.11. The number of aromatic nitrogens is 1. The van der Waals surface area contributed by atoms with Crippen molar-refractivity contribution in [3.8, 4) is 5.69 Å². The van der Waals surface area contributed by atoms with E-state index in [1.165, 1.54) is 47.2 Å². The first kappa shape index (κ1) is 18.9. The molecule has 2 aromatic rings. The maximum Gasteiger partial charge on any atom is 0.255 e. The van der Waals surface area contributed by atoms with E-state index < -0.39 is 11.9 Å². The van der Waals surface area contributed by atoms with Gasteiger partial charge in [-0.15, -0.1) is 0 Å². The van der Waals surface area contributed by atoms with Gasteiger partial charge in [0, 0.05) is 24.5 Å². The van der Waals surface area contributed by atoms with E-state index in [0.717, 1.165) is 0 Å². The molecule has 5 nitrogen and oxygen atoms in total. The van der Waals surface area contributed by atoms with Gasteiger partial charge >= 0.3 is 0 Å². The lowest BCUT2D eigenvalue weighted by atomic mass is 9.87. The van der Waals surface area contributed by atoms with Crippen LogP contribution < -0.4 is 10.9 Å². The van der Waals surface area contributed by atoms with Gasteiger partial charge in [0.05, 0.1) is 11.7 Å². The van der Waals surface area contributed by atoms with E-state index in [1.54, 1.807) is 0 Å². The number of rotatable bonds is 5. The van der Waals surface area contributed by atoms with Crippen molar-refractivity contribution >= 4 is 5.91 Å². The number of halogens is 1. The highest BCUT2D eigenvalue weighted by Gasteiger charge is 2.21. The van der Waals surface area contributed by atoms with Crippen molar-refractivity contribution in [3.63, 3.8) is 0 Å². The van der Waals surface area contributed by atoms with Gasteiger partial charge in [0.1, 0.15) is 5.82 Å². The summed E-state index contributed by atoms with van der Waals surface area (Å²) in [5, 5.41) is 12.7. The number of hydrogen-bond acceptors (Lipinski definition) is 3. The highest BCUT2D eigenvalue weighted by atomic mass is 19.1. The first-order valence-electron chi connectivity index (χ1n) is 8.13. The molecule has 1 heterocycles. The summed E-state index contributed by atoms with van der Waals surface area (Å²) in [7, 11) is 0. The molecule has 0 aliphatic rings. The zero-order chi connectivity index (χ0) is 18.6. The molecule has 2 rings (SSSR count). The SMILES string of the molecule is CC(C)(C)C(O)CCNC(=O)c1ccc(=O)n(-c2ccc(F)cc2)c1. The van der Waals surface area contributed by atoms with Crippen LogP contribution in [0.4, 0.5) is 4.39 Å². The van der Waals surface area contributed by atoms with Crippen molar-refractivity contribution in [2.75, 3.05) is 6.54 Å². The molecule has 1 atom stereocenters. The van der Waals surface area contributed by atoms with Crippen LogP contribution in [0.1, 0.15) is 37.6 Å². The average molecular weight is 346 g/mol. The molecule has 1 unspecified atom stereocenters. The lowest BCUT2D eigenvalue weighted by Crippen LogP contribution is -2.33. The van der Waals surface area contributed by atoms with Gasteiger partial charge in [0.15, 0.2) is 0 Å². The van der Waals surface area contributed by atoms with E-state index in [0.29, 0.717) is 24.2 Å². The van der Waals surface area contributed by atoms with Crippen molar-refractivity contribution in [1.82, 2.24) is 9.88 Å². The number of aliphatic hydroxyl groups excluding tert-OH is 1. The molecule has 6 heteroatoms. The molecule has 0 saturated carbocycles. The Morgan fingerprint density at radius 3 is 2.44 bits per heavy atom. The predicted octanol–water partition coefficient (Wildman–Crippen LogP) is 2.50. The van der Waals surface area contributed by atoms with Gasteiger partial charge in [-0.05, 0) is 42.2 Å². The van der Waals surface area contributed by atoms with E-state index in [9.17, 15) is 19.1 Å². The molecular weight excluding hydrogens is 323 g/mol. The largest absolute Gasteiger partial charge is 0.393 e. The van der Waals surface area contributed by atoms with Gasteiger partial charge in [-0.3, -0.25) is 14.2 Å². The number of benzene rings is 1. The van der Waals surface area contributed by atoms with E-state index in [1.807, 2.05) is 20.8 Å². The number of hydrogen-bond donors (Lipinski definition) is 2. The number of amides is 1. The summed E-state index contributed by atoms with van der Waals surface area (Å²) >= 11 is 0. The molecule has 0 saturated heterocycles. The molecule has 1 amide bonds. The van der Waals surface area contributed by atoms with Crippen LogP contribution in [0.5, 0.6) is 0 Å². The number of pyridine rings is 1.